The van der Waals surface area contributed by atoms with Gasteiger partial charge in [-0.3, -0.25) is 4.98 Å². The summed E-state index contributed by atoms with van der Waals surface area (Å²) in [7, 11) is 0. The largest absolute Gasteiger partial charge is 0.491 e. The summed E-state index contributed by atoms with van der Waals surface area (Å²) >= 11 is 0. The Kier molecular flexibility index (Phi) is 5.24. The SMILES string of the molecule is CCCOc1cc(NCCc2cccnc2)ccc1N. The number of hydrogen-bond acceptors (Lipinski definition) is 4. The predicted molar refractivity (Wildman–Crippen MR) is 83.1 cm³/mol. The number of pyridine rings is 1. The quantitative estimate of drug-likeness (QED) is 0.760. The van der Waals surface area contributed by atoms with Crippen LogP contribution in [0.5, 0.6) is 5.75 Å². The summed E-state index contributed by atoms with van der Waals surface area (Å²) in [4.78, 5) is 4.11. The van der Waals surface area contributed by atoms with Gasteiger partial charge in [0.15, 0.2) is 0 Å². The van der Waals surface area contributed by atoms with Crippen LogP contribution in [0.3, 0.4) is 0 Å². The first-order valence-corrected chi connectivity index (χ1v) is 6.94. The minimum absolute atomic E-state index is 0.677. The van der Waals surface area contributed by atoms with E-state index in [1.807, 2.05) is 30.5 Å². The zero-order valence-corrected chi connectivity index (χ0v) is 11.8. The van der Waals surface area contributed by atoms with Crippen LogP contribution < -0.4 is 15.8 Å². The van der Waals surface area contributed by atoms with Gasteiger partial charge in [-0.2, -0.15) is 0 Å². The normalized spacial score (nSPS) is 10.2. The van der Waals surface area contributed by atoms with Crippen molar-refractivity contribution >= 4 is 11.4 Å². The molecule has 0 aliphatic rings. The highest BCUT2D eigenvalue weighted by Gasteiger charge is 2.02. The van der Waals surface area contributed by atoms with E-state index >= 15 is 0 Å². The molecule has 0 aliphatic heterocycles. The van der Waals surface area contributed by atoms with E-state index in [-0.39, 0.29) is 0 Å². The van der Waals surface area contributed by atoms with Crippen LogP contribution in [0.15, 0.2) is 42.7 Å². The van der Waals surface area contributed by atoms with Gasteiger partial charge >= 0.3 is 0 Å². The van der Waals surface area contributed by atoms with Crippen molar-refractivity contribution in [3.8, 4) is 5.75 Å². The average Bonchev–Trinajstić information content (AvgIpc) is 2.49. The third-order valence-corrected chi connectivity index (χ3v) is 2.94. The lowest BCUT2D eigenvalue weighted by atomic mass is 10.2. The topological polar surface area (TPSA) is 60.2 Å². The maximum absolute atomic E-state index is 5.89. The van der Waals surface area contributed by atoms with Gasteiger partial charge < -0.3 is 15.8 Å². The summed E-state index contributed by atoms with van der Waals surface area (Å²) in [5.74, 6) is 0.748. The Bertz CT molecular complexity index is 529. The fourth-order valence-corrected chi connectivity index (χ4v) is 1.88. The zero-order valence-electron chi connectivity index (χ0n) is 11.8. The van der Waals surface area contributed by atoms with Gasteiger partial charge in [-0.1, -0.05) is 13.0 Å². The Morgan fingerprint density at radius 2 is 2.20 bits per heavy atom. The monoisotopic (exact) mass is 271 g/mol. The number of nitrogens with two attached hydrogens (primary N) is 1. The summed E-state index contributed by atoms with van der Waals surface area (Å²) < 4.78 is 5.62. The first-order valence-electron chi connectivity index (χ1n) is 6.94. The van der Waals surface area contributed by atoms with Crippen LogP contribution in [0.2, 0.25) is 0 Å². The molecule has 0 fully saturated rings. The molecule has 0 radical (unpaired) electrons. The molecular formula is C16H21N3O. The molecule has 0 saturated carbocycles. The van der Waals surface area contributed by atoms with Crippen molar-refractivity contribution in [2.24, 2.45) is 0 Å². The molecule has 0 amide bonds. The van der Waals surface area contributed by atoms with E-state index in [4.69, 9.17) is 10.5 Å². The molecular weight excluding hydrogens is 250 g/mol. The highest BCUT2D eigenvalue weighted by molar-refractivity contribution is 5.61. The number of ether oxygens (including phenoxy) is 1. The molecule has 1 aromatic heterocycles. The van der Waals surface area contributed by atoms with Crippen LogP contribution in [0.4, 0.5) is 11.4 Å². The van der Waals surface area contributed by atoms with Gasteiger partial charge in [0, 0.05) is 30.7 Å². The van der Waals surface area contributed by atoms with Gasteiger partial charge in [-0.25, -0.2) is 0 Å². The Balaban J connectivity index is 1.89. The summed E-state index contributed by atoms with van der Waals surface area (Å²) in [6, 6.07) is 9.83. The third kappa shape index (κ3) is 4.16. The van der Waals surface area contributed by atoms with Crippen LogP contribution >= 0.6 is 0 Å². The molecule has 0 atom stereocenters. The van der Waals surface area contributed by atoms with Crippen LogP contribution in [-0.4, -0.2) is 18.1 Å². The van der Waals surface area contributed by atoms with Gasteiger partial charge in [-0.05, 0) is 36.6 Å². The van der Waals surface area contributed by atoms with Crippen LogP contribution in [0.1, 0.15) is 18.9 Å². The number of anilines is 2. The lowest BCUT2D eigenvalue weighted by Crippen LogP contribution is -2.06. The van der Waals surface area contributed by atoms with Gasteiger partial charge in [0.2, 0.25) is 0 Å². The first kappa shape index (κ1) is 14.2. The number of nitrogens with one attached hydrogen (secondary N) is 1. The summed E-state index contributed by atoms with van der Waals surface area (Å²) in [5.41, 5.74) is 8.81. The number of nitrogen functional groups attached to an aromatic ring is 1. The minimum Gasteiger partial charge on any atom is -0.491 e. The van der Waals surface area contributed by atoms with E-state index in [2.05, 4.69) is 23.3 Å². The maximum atomic E-state index is 5.89. The molecule has 0 aliphatic carbocycles. The van der Waals surface area contributed by atoms with Crippen molar-refractivity contribution in [2.45, 2.75) is 19.8 Å². The average molecular weight is 271 g/mol. The van der Waals surface area contributed by atoms with E-state index in [9.17, 15) is 0 Å². The van der Waals surface area contributed by atoms with E-state index in [0.717, 1.165) is 30.8 Å². The Morgan fingerprint density at radius 1 is 1.30 bits per heavy atom. The lowest BCUT2D eigenvalue weighted by molar-refractivity contribution is 0.319. The van der Waals surface area contributed by atoms with Crippen LogP contribution in [0, 0.1) is 0 Å². The van der Waals surface area contributed by atoms with Gasteiger partial charge in [0.1, 0.15) is 5.75 Å². The first-order chi connectivity index (χ1) is 9.79. The maximum Gasteiger partial charge on any atom is 0.144 e. The van der Waals surface area contributed by atoms with E-state index in [1.165, 1.54) is 5.56 Å². The van der Waals surface area contributed by atoms with Crippen molar-refractivity contribution in [1.29, 1.82) is 0 Å². The summed E-state index contributed by atoms with van der Waals surface area (Å²) in [5, 5.41) is 3.37. The highest BCUT2D eigenvalue weighted by Crippen LogP contribution is 2.25. The van der Waals surface area contributed by atoms with E-state index in [0.29, 0.717) is 12.3 Å². The molecule has 1 aromatic carbocycles. The smallest absolute Gasteiger partial charge is 0.144 e. The molecule has 0 saturated heterocycles. The van der Waals surface area contributed by atoms with Gasteiger partial charge in [0.05, 0.1) is 12.3 Å². The number of benzene rings is 1. The van der Waals surface area contributed by atoms with Crippen LogP contribution in [-0.2, 0) is 6.42 Å². The molecule has 4 nitrogen and oxygen atoms in total. The predicted octanol–water partition coefficient (Wildman–Crippen LogP) is 3.11. The Labute approximate surface area is 120 Å². The van der Waals surface area contributed by atoms with Gasteiger partial charge in [0.25, 0.3) is 0 Å². The fourth-order valence-electron chi connectivity index (χ4n) is 1.88. The molecule has 0 unspecified atom stereocenters. The Hall–Kier alpha value is -2.23. The second-order valence-electron chi connectivity index (χ2n) is 4.64. The molecule has 2 aromatic rings. The standard InChI is InChI=1S/C16H21N3O/c1-2-10-20-16-11-14(5-6-15(16)17)19-9-7-13-4-3-8-18-12-13/h3-6,8,11-12,19H,2,7,9-10,17H2,1H3. The molecule has 1 heterocycles. The highest BCUT2D eigenvalue weighted by atomic mass is 16.5. The molecule has 106 valence electrons. The molecule has 4 heteroatoms. The molecule has 0 spiro atoms. The van der Waals surface area contributed by atoms with E-state index < -0.39 is 0 Å². The number of nitrogens with zero attached hydrogens (tertiary/aromatic N) is 1. The summed E-state index contributed by atoms with van der Waals surface area (Å²) in [6.45, 7) is 3.61. The van der Waals surface area contributed by atoms with Crippen molar-refractivity contribution in [3.63, 3.8) is 0 Å². The number of rotatable bonds is 7. The van der Waals surface area contributed by atoms with Crippen molar-refractivity contribution in [3.05, 3.63) is 48.3 Å². The van der Waals surface area contributed by atoms with Crippen molar-refractivity contribution in [2.75, 3.05) is 24.2 Å². The second kappa shape index (κ2) is 7.38. The molecule has 20 heavy (non-hydrogen) atoms. The minimum atomic E-state index is 0.677. The number of aromatic nitrogens is 1. The Morgan fingerprint density at radius 3 is 2.95 bits per heavy atom. The summed E-state index contributed by atoms with van der Waals surface area (Å²) in [6.07, 6.45) is 5.58. The molecule has 0 bridgehead atoms. The third-order valence-electron chi connectivity index (χ3n) is 2.94. The van der Waals surface area contributed by atoms with Crippen molar-refractivity contribution < 1.29 is 4.74 Å². The fraction of sp³-hybridized carbons (Fsp3) is 0.312. The van der Waals surface area contributed by atoms with E-state index in [1.54, 1.807) is 6.20 Å². The molecule has 2 rings (SSSR count). The lowest BCUT2D eigenvalue weighted by Gasteiger charge is -2.11. The van der Waals surface area contributed by atoms with Gasteiger partial charge in [-0.15, -0.1) is 0 Å². The van der Waals surface area contributed by atoms with Crippen molar-refractivity contribution in [1.82, 2.24) is 4.98 Å². The van der Waals surface area contributed by atoms with Crippen LogP contribution in [0.25, 0.3) is 0 Å². The molecule has 3 N–H and O–H groups in total. The second-order valence-corrected chi connectivity index (χ2v) is 4.64. The number of hydrogen-bond donors (Lipinski definition) is 2. The zero-order chi connectivity index (χ0) is 14.2.